The van der Waals surface area contributed by atoms with Crippen LogP contribution < -0.4 is 31.0 Å². The highest BCUT2D eigenvalue weighted by atomic mass is 35.5. The van der Waals surface area contributed by atoms with Crippen LogP contribution in [0.15, 0.2) is 46.6 Å². The maximum Gasteiger partial charge on any atom is 0.230 e. The number of benzene rings is 2. The fraction of sp³-hybridized carbons (Fsp3) is 0.261. The van der Waals surface area contributed by atoms with Crippen LogP contribution in [0, 0.1) is 5.41 Å². The van der Waals surface area contributed by atoms with Gasteiger partial charge in [0.25, 0.3) is 0 Å². The molecule has 0 aliphatic rings. The lowest BCUT2D eigenvalue weighted by Gasteiger charge is -2.10. The summed E-state index contributed by atoms with van der Waals surface area (Å²) in [6, 6.07) is 10.4. The van der Waals surface area contributed by atoms with E-state index in [1.807, 2.05) is 13.8 Å². The number of hydrogen-bond donors (Lipinski definition) is 5. The zero-order chi connectivity index (χ0) is 24.9. The van der Waals surface area contributed by atoms with Crippen LogP contribution in [-0.2, 0) is 9.59 Å². The Hall–Kier alpha value is -4.12. The van der Waals surface area contributed by atoms with Crippen molar-refractivity contribution in [1.82, 2.24) is 10.9 Å². The fourth-order valence-corrected chi connectivity index (χ4v) is 2.76. The van der Waals surface area contributed by atoms with Crippen molar-refractivity contribution in [1.29, 1.82) is 5.41 Å². The van der Waals surface area contributed by atoms with Crippen molar-refractivity contribution in [3.63, 3.8) is 0 Å². The number of halogens is 1. The van der Waals surface area contributed by atoms with Gasteiger partial charge in [0.05, 0.1) is 25.6 Å². The second-order valence-corrected chi connectivity index (χ2v) is 6.85. The Balaban J connectivity index is 0.00000612. The highest BCUT2D eigenvalue weighted by Crippen LogP contribution is 2.23. The van der Waals surface area contributed by atoms with Crippen molar-refractivity contribution in [3.05, 3.63) is 47.5 Å². The summed E-state index contributed by atoms with van der Waals surface area (Å²) in [6.07, 6.45) is 2.99. The molecule has 0 heterocycles. The van der Waals surface area contributed by atoms with Crippen LogP contribution in [0.1, 0.15) is 38.8 Å². The van der Waals surface area contributed by atoms with E-state index in [-0.39, 0.29) is 30.2 Å². The molecule has 0 aromatic heterocycles. The van der Waals surface area contributed by atoms with E-state index < -0.39 is 0 Å². The predicted molar refractivity (Wildman–Crippen MR) is 140 cm³/mol. The molecule has 188 valence electrons. The molecule has 12 heteroatoms. The maximum atomic E-state index is 11.2. The van der Waals surface area contributed by atoms with E-state index in [2.05, 4.69) is 31.7 Å². The van der Waals surface area contributed by atoms with Crippen LogP contribution in [0.5, 0.6) is 11.5 Å². The molecule has 0 saturated heterocycles. The lowest BCUT2D eigenvalue weighted by molar-refractivity contribution is -0.115. The molecule has 0 atom stereocenters. The van der Waals surface area contributed by atoms with Crippen molar-refractivity contribution in [2.24, 2.45) is 10.2 Å². The molecule has 0 aliphatic heterocycles. The third kappa shape index (κ3) is 10.1. The summed E-state index contributed by atoms with van der Waals surface area (Å²) in [5, 5.41) is 21.3. The predicted octanol–water partition coefficient (Wildman–Crippen LogP) is 3.30. The number of rotatable bonds is 10. The van der Waals surface area contributed by atoms with E-state index in [0.29, 0.717) is 47.2 Å². The minimum absolute atomic E-state index is 0. The van der Waals surface area contributed by atoms with Crippen molar-refractivity contribution < 1.29 is 19.1 Å². The number of nitrogens with one attached hydrogen (secondary N) is 5. The van der Waals surface area contributed by atoms with Gasteiger partial charge in [-0.2, -0.15) is 10.2 Å². The van der Waals surface area contributed by atoms with Gasteiger partial charge in [-0.1, -0.05) is 0 Å². The van der Waals surface area contributed by atoms with Gasteiger partial charge in [0.2, 0.25) is 17.8 Å². The molecule has 0 fully saturated rings. The van der Waals surface area contributed by atoms with Crippen LogP contribution in [0.3, 0.4) is 0 Å². The molecule has 2 amide bonds. The summed E-state index contributed by atoms with van der Waals surface area (Å²) >= 11 is 0. The molecular weight excluding hydrogens is 474 g/mol. The number of amides is 2. The first-order valence-corrected chi connectivity index (χ1v) is 10.6. The first-order chi connectivity index (χ1) is 16.3. The molecule has 0 spiro atoms. The molecule has 35 heavy (non-hydrogen) atoms. The molecule has 2 aromatic rings. The largest absolute Gasteiger partial charge is 0.493 e. The van der Waals surface area contributed by atoms with E-state index in [9.17, 15) is 9.59 Å². The second-order valence-electron chi connectivity index (χ2n) is 6.85. The quantitative estimate of drug-likeness (QED) is 0.191. The minimum Gasteiger partial charge on any atom is -0.493 e. The number of carbonyl (C=O) groups is 2. The van der Waals surface area contributed by atoms with Gasteiger partial charge < -0.3 is 20.1 Å². The lowest BCUT2D eigenvalue weighted by Crippen LogP contribution is -2.29. The molecule has 0 aliphatic carbocycles. The Labute approximate surface area is 210 Å². The Kier molecular flexibility index (Phi) is 12.3. The molecular formula is C23H30ClN7O4. The van der Waals surface area contributed by atoms with E-state index in [1.165, 1.54) is 26.3 Å². The SMILES string of the molecule is CCOc1cc(NC(C)=O)ccc1/C=N/NC(=N)N/N=C/c1ccc(NC(C)=O)cc1OCC.Cl. The summed E-state index contributed by atoms with van der Waals surface area (Å²) in [5.41, 5.74) is 7.61. The first kappa shape index (κ1) is 28.9. The van der Waals surface area contributed by atoms with Gasteiger partial charge in [-0.05, 0) is 38.1 Å². The van der Waals surface area contributed by atoms with E-state index in [0.717, 1.165) is 0 Å². The fourth-order valence-electron chi connectivity index (χ4n) is 2.76. The van der Waals surface area contributed by atoms with Crippen molar-refractivity contribution in [2.75, 3.05) is 23.8 Å². The number of nitrogens with zero attached hydrogens (tertiary/aromatic N) is 2. The number of hydrogen-bond acceptors (Lipinski definition) is 7. The van der Waals surface area contributed by atoms with Crippen molar-refractivity contribution >= 4 is 54.0 Å². The highest BCUT2D eigenvalue weighted by molar-refractivity contribution is 5.92. The topological polar surface area (TPSA) is 149 Å². The van der Waals surface area contributed by atoms with E-state index in [4.69, 9.17) is 14.9 Å². The zero-order valence-electron chi connectivity index (χ0n) is 20.0. The number of hydrazone groups is 2. The second kappa shape index (κ2) is 14.9. The molecule has 0 bridgehead atoms. The zero-order valence-corrected chi connectivity index (χ0v) is 20.8. The van der Waals surface area contributed by atoms with Crippen LogP contribution in [-0.4, -0.2) is 43.4 Å². The molecule has 5 N–H and O–H groups in total. The molecule has 0 unspecified atom stereocenters. The summed E-state index contributed by atoms with van der Waals surface area (Å²) in [6.45, 7) is 7.45. The van der Waals surface area contributed by atoms with Gasteiger partial charge in [0.15, 0.2) is 0 Å². The normalized spacial score (nSPS) is 10.4. The van der Waals surface area contributed by atoms with Crippen LogP contribution in [0.2, 0.25) is 0 Å². The van der Waals surface area contributed by atoms with Gasteiger partial charge >= 0.3 is 0 Å². The number of guanidine groups is 1. The van der Waals surface area contributed by atoms with Crippen LogP contribution >= 0.6 is 12.4 Å². The lowest BCUT2D eigenvalue weighted by atomic mass is 10.2. The smallest absolute Gasteiger partial charge is 0.230 e. The first-order valence-electron chi connectivity index (χ1n) is 10.6. The van der Waals surface area contributed by atoms with Gasteiger partial charge in [-0.15, -0.1) is 12.4 Å². The Morgan fingerprint density at radius 1 is 0.829 bits per heavy atom. The number of anilines is 2. The summed E-state index contributed by atoms with van der Waals surface area (Å²) in [5.74, 6) is 0.574. The Bertz CT molecular complexity index is 1010. The van der Waals surface area contributed by atoms with Crippen molar-refractivity contribution in [3.8, 4) is 11.5 Å². The van der Waals surface area contributed by atoms with Crippen LogP contribution in [0.4, 0.5) is 11.4 Å². The minimum atomic E-state index is -0.178. The third-order valence-corrected chi connectivity index (χ3v) is 4.03. The van der Waals surface area contributed by atoms with Gasteiger partial charge in [0, 0.05) is 48.5 Å². The maximum absolute atomic E-state index is 11.2. The van der Waals surface area contributed by atoms with Crippen LogP contribution in [0.25, 0.3) is 0 Å². The highest BCUT2D eigenvalue weighted by Gasteiger charge is 2.06. The standard InChI is InChI=1S/C23H29N7O4.ClH/c1-5-33-21-11-19(27-15(3)31)9-7-17(21)13-25-29-23(24)30-26-14-18-8-10-20(28-16(4)32)12-22(18)34-6-2;/h7-14H,5-6H2,1-4H3,(H,27,31)(H,28,32)(H3,24,29,30);1H/b25-13+,26-14+;. The summed E-state index contributed by atoms with van der Waals surface area (Å²) < 4.78 is 11.2. The number of ether oxygens (including phenoxy) is 2. The molecule has 0 saturated carbocycles. The third-order valence-electron chi connectivity index (χ3n) is 4.03. The molecule has 2 rings (SSSR count). The molecule has 0 radical (unpaired) electrons. The monoisotopic (exact) mass is 503 g/mol. The average molecular weight is 504 g/mol. The summed E-state index contributed by atoms with van der Waals surface area (Å²) in [7, 11) is 0. The Morgan fingerprint density at radius 3 is 1.57 bits per heavy atom. The van der Waals surface area contributed by atoms with Gasteiger partial charge in [-0.25, -0.2) is 10.9 Å². The molecule has 2 aromatic carbocycles. The van der Waals surface area contributed by atoms with Crippen molar-refractivity contribution in [2.45, 2.75) is 27.7 Å². The van der Waals surface area contributed by atoms with Gasteiger partial charge in [0.1, 0.15) is 11.5 Å². The summed E-state index contributed by atoms with van der Waals surface area (Å²) in [4.78, 5) is 22.5. The van der Waals surface area contributed by atoms with E-state index >= 15 is 0 Å². The average Bonchev–Trinajstić information content (AvgIpc) is 2.76. The van der Waals surface area contributed by atoms with Gasteiger partial charge in [-0.3, -0.25) is 15.0 Å². The van der Waals surface area contributed by atoms with E-state index in [1.54, 1.807) is 36.4 Å². The molecule has 11 nitrogen and oxygen atoms in total. The number of carbonyl (C=O) groups excluding carboxylic acids is 2. The Morgan fingerprint density at radius 2 is 1.23 bits per heavy atom.